The minimum absolute atomic E-state index is 0.203. The average molecular weight is 334 g/mol. The van der Waals surface area contributed by atoms with Crippen LogP contribution in [0.1, 0.15) is 23.5 Å². The van der Waals surface area contributed by atoms with E-state index in [4.69, 9.17) is 9.84 Å². The van der Waals surface area contributed by atoms with Gasteiger partial charge in [0.25, 0.3) is 5.91 Å². The smallest absolute Gasteiger partial charge is 0.326 e. The third kappa shape index (κ3) is 4.07. The molecular formula is C16H18N2O4S. The fraction of sp³-hybridized carbons (Fsp3) is 0.312. The Morgan fingerprint density at radius 2 is 1.91 bits per heavy atom. The minimum Gasteiger partial charge on any atom is -0.497 e. The highest BCUT2D eigenvalue weighted by atomic mass is 32.1. The lowest BCUT2D eigenvalue weighted by Crippen LogP contribution is -2.44. The van der Waals surface area contributed by atoms with E-state index < -0.39 is 17.9 Å². The van der Waals surface area contributed by atoms with E-state index in [2.05, 4.69) is 10.3 Å². The van der Waals surface area contributed by atoms with Gasteiger partial charge in [0.05, 0.1) is 13.3 Å². The second-order valence-corrected chi connectivity index (χ2v) is 6.32. The number of amides is 1. The van der Waals surface area contributed by atoms with E-state index in [1.165, 1.54) is 17.5 Å². The standard InChI is InChI=1S/C16H18N2O4S/c1-9(2)13(16(20)21)18-14(19)12-8-17-15(23-12)10-4-6-11(22-3)7-5-10/h4-9,13H,1-3H3,(H,18,19)(H,20,21)/t13-/m1/s1. The summed E-state index contributed by atoms with van der Waals surface area (Å²) in [5, 5.41) is 12.3. The van der Waals surface area contributed by atoms with Gasteiger partial charge in [-0.2, -0.15) is 0 Å². The second kappa shape index (κ2) is 7.23. The van der Waals surface area contributed by atoms with E-state index in [1.54, 1.807) is 21.0 Å². The number of carbonyl (C=O) groups is 2. The largest absolute Gasteiger partial charge is 0.497 e. The summed E-state index contributed by atoms with van der Waals surface area (Å²) in [7, 11) is 1.59. The highest BCUT2D eigenvalue weighted by Crippen LogP contribution is 2.26. The van der Waals surface area contributed by atoms with Crippen molar-refractivity contribution < 1.29 is 19.4 Å². The Bertz CT molecular complexity index is 694. The van der Waals surface area contributed by atoms with Crippen molar-refractivity contribution in [3.8, 4) is 16.3 Å². The molecule has 0 unspecified atom stereocenters. The molecule has 0 saturated carbocycles. The number of carboxylic acids is 1. The highest BCUT2D eigenvalue weighted by Gasteiger charge is 2.24. The Morgan fingerprint density at radius 1 is 1.26 bits per heavy atom. The van der Waals surface area contributed by atoms with Gasteiger partial charge in [0.15, 0.2) is 0 Å². The maximum atomic E-state index is 12.2. The number of nitrogens with zero attached hydrogens (tertiary/aromatic N) is 1. The third-order valence-corrected chi connectivity index (χ3v) is 4.33. The van der Waals surface area contributed by atoms with Crippen molar-refractivity contribution in [3.05, 3.63) is 35.3 Å². The van der Waals surface area contributed by atoms with Gasteiger partial charge >= 0.3 is 5.97 Å². The zero-order chi connectivity index (χ0) is 17.0. The third-order valence-electron chi connectivity index (χ3n) is 3.29. The number of nitrogens with one attached hydrogen (secondary N) is 1. The van der Waals surface area contributed by atoms with Crippen molar-refractivity contribution >= 4 is 23.2 Å². The van der Waals surface area contributed by atoms with Gasteiger partial charge in [0.1, 0.15) is 21.7 Å². The maximum absolute atomic E-state index is 12.2. The normalized spacial score (nSPS) is 12.0. The van der Waals surface area contributed by atoms with Crippen molar-refractivity contribution in [2.45, 2.75) is 19.9 Å². The number of ether oxygens (including phenoxy) is 1. The molecule has 0 fully saturated rings. The average Bonchev–Trinajstić information content (AvgIpc) is 3.01. The number of hydrogen-bond acceptors (Lipinski definition) is 5. The molecule has 2 aromatic rings. The van der Waals surface area contributed by atoms with Gasteiger partial charge in [-0.3, -0.25) is 4.79 Å². The van der Waals surface area contributed by atoms with Crippen LogP contribution in [-0.4, -0.2) is 35.1 Å². The van der Waals surface area contributed by atoms with Gasteiger partial charge in [-0.25, -0.2) is 9.78 Å². The summed E-state index contributed by atoms with van der Waals surface area (Å²) in [5.74, 6) is -0.938. The van der Waals surface area contributed by atoms with Gasteiger partial charge in [0, 0.05) is 5.56 Å². The molecule has 122 valence electrons. The Morgan fingerprint density at radius 3 is 2.43 bits per heavy atom. The summed E-state index contributed by atoms with van der Waals surface area (Å²) >= 11 is 1.22. The molecule has 0 aliphatic rings. The predicted molar refractivity (Wildman–Crippen MR) is 87.8 cm³/mol. The van der Waals surface area contributed by atoms with Crippen LogP contribution in [0.3, 0.4) is 0 Å². The number of aromatic nitrogens is 1. The Labute approximate surface area is 138 Å². The number of carboxylic acid groups (broad SMARTS) is 1. The van der Waals surface area contributed by atoms with Crippen molar-refractivity contribution in [3.63, 3.8) is 0 Å². The second-order valence-electron chi connectivity index (χ2n) is 5.29. The SMILES string of the molecule is COc1ccc(-c2ncc(C(=O)N[C@@H](C(=O)O)C(C)C)s2)cc1. The lowest BCUT2D eigenvalue weighted by Gasteiger charge is -2.17. The molecule has 0 aliphatic heterocycles. The molecule has 2 rings (SSSR count). The molecule has 23 heavy (non-hydrogen) atoms. The molecule has 0 bridgehead atoms. The molecule has 0 saturated heterocycles. The number of benzene rings is 1. The number of thiazole rings is 1. The Balaban J connectivity index is 2.14. The van der Waals surface area contributed by atoms with E-state index in [1.807, 2.05) is 24.3 Å². The number of methoxy groups -OCH3 is 1. The fourth-order valence-corrected chi connectivity index (χ4v) is 2.80. The van der Waals surface area contributed by atoms with Crippen LogP contribution < -0.4 is 10.1 Å². The topological polar surface area (TPSA) is 88.5 Å². The van der Waals surface area contributed by atoms with E-state index in [0.29, 0.717) is 9.88 Å². The molecule has 1 aromatic carbocycles. The van der Waals surface area contributed by atoms with E-state index >= 15 is 0 Å². The summed E-state index contributed by atoms with van der Waals surface area (Å²) in [5.41, 5.74) is 0.869. The summed E-state index contributed by atoms with van der Waals surface area (Å²) < 4.78 is 5.10. The predicted octanol–water partition coefficient (Wildman–Crippen LogP) is 2.66. The van der Waals surface area contributed by atoms with Crippen molar-refractivity contribution in [2.75, 3.05) is 7.11 Å². The van der Waals surface area contributed by atoms with Crippen LogP contribution in [0.4, 0.5) is 0 Å². The quantitative estimate of drug-likeness (QED) is 0.848. The van der Waals surface area contributed by atoms with Crippen LogP contribution in [-0.2, 0) is 4.79 Å². The number of rotatable bonds is 6. The number of carbonyl (C=O) groups excluding carboxylic acids is 1. The summed E-state index contributed by atoms with van der Waals surface area (Å²) in [6.07, 6.45) is 1.46. The molecule has 0 aliphatic carbocycles. The minimum atomic E-state index is -1.05. The summed E-state index contributed by atoms with van der Waals surface area (Å²) in [6, 6.07) is 6.42. The summed E-state index contributed by atoms with van der Waals surface area (Å²) in [6.45, 7) is 3.49. The van der Waals surface area contributed by atoms with Gasteiger partial charge in [-0.05, 0) is 30.2 Å². The molecule has 6 nitrogen and oxygen atoms in total. The molecule has 1 amide bonds. The van der Waals surface area contributed by atoms with E-state index in [9.17, 15) is 9.59 Å². The van der Waals surface area contributed by atoms with Crippen molar-refractivity contribution in [1.82, 2.24) is 10.3 Å². The molecule has 1 aromatic heterocycles. The molecule has 1 heterocycles. The Hall–Kier alpha value is -2.41. The van der Waals surface area contributed by atoms with Crippen LogP contribution in [0.15, 0.2) is 30.5 Å². The van der Waals surface area contributed by atoms with Gasteiger partial charge in [0.2, 0.25) is 0 Å². The zero-order valence-electron chi connectivity index (χ0n) is 13.1. The number of hydrogen-bond donors (Lipinski definition) is 2. The molecule has 2 N–H and O–H groups in total. The Kier molecular flexibility index (Phi) is 5.33. The van der Waals surface area contributed by atoms with E-state index in [-0.39, 0.29) is 5.92 Å². The van der Waals surface area contributed by atoms with Crippen LogP contribution >= 0.6 is 11.3 Å². The van der Waals surface area contributed by atoms with Crippen LogP contribution in [0.25, 0.3) is 10.6 Å². The lowest BCUT2D eigenvalue weighted by atomic mass is 10.0. The first kappa shape index (κ1) is 17.0. The highest BCUT2D eigenvalue weighted by molar-refractivity contribution is 7.16. The first-order chi connectivity index (χ1) is 10.9. The molecule has 7 heteroatoms. The molecular weight excluding hydrogens is 316 g/mol. The van der Waals surface area contributed by atoms with Crippen LogP contribution in [0.2, 0.25) is 0 Å². The molecule has 0 radical (unpaired) electrons. The first-order valence-corrected chi connectivity index (χ1v) is 7.88. The van der Waals surface area contributed by atoms with E-state index in [0.717, 1.165) is 11.3 Å². The first-order valence-electron chi connectivity index (χ1n) is 7.06. The summed E-state index contributed by atoms with van der Waals surface area (Å²) in [4.78, 5) is 27.9. The van der Waals surface area contributed by atoms with Crippen molar-refractivity contribution in [2.24, 2.45) is 5.92 Å². The molecule has 1 atom stereocenters. The van der Waals surface area contributed by atoms with Gasteiger partial charge in [-0.15, -0.1) is 11.3 Å². The van der Waals surface area contributed by atoms with Gasteiger partial charge in [-0.1, -0.05) is 13.8 Å². The van der Waals surface area contributed by atoms with Gasteiger partial charge < -0.3 is 15.2 Å². The lowest BCUT2D eigenvalue weighted by molar-refractivity contribution is -0.140. The number of aliphatic carboxylic acids is 1. The zero-order valence-corrected chi connectivity index (χ0v) is 13.9. The van der Waals surface area contributed by atoms with Crippen molar-refractivity contribution in [1.29, 1.82) is 0 Å². The van der Waals surface area contributed by atoms with Crippen LogP contribution in [0, 0.1) is 5.92 Å². The molecule has 0 spiro atoms. The maximum Gasteiger partial charge on any atom is 0.326 e. The fourth-order valence-electron chi connectivity index (χ4n) is 1.97. The van der Waals surface area contributed by atoms with Crippen LogP contribution in [0.5, 0.6) is 5.75 Å². The monoisotopic (exact) mass is 334 g/mol.